The van der Waals surface area contributed by atoms with Crippen LogP contribution < -0.4 is 5.32 Å². The fourth-order valence-electron chi connectivity index (χ4n) is 3.30. The van der Waals surface area contributed by atoms with Crippen LogP contribution in [-0.2, 0) is 9.84 Å². The van der Waals surface area contributed by atoms with Crippen molar-refractivity contribution in [2.24, 2.45) is 5.41 Å². The van der Waals surface area contributed by atoms with Crippen molar-refractivity contribution in [3.8, 4) is 0 Å². The molecule has 1 N–H and O–H groups in total. The highest BCUT2D eigenvalue weighted by Crippen LogP contribution is 2.44. The molecule has 1 aliphatic carbocycles. The number of hydrogen-bond donors (Lipinski definition) is 1. The quantitative estimate of drug-likeness (QED) is 0.741. The van der Waals surface area contributed by atoms with Crippen LogP contribution in [-0.4, -0.2) is 33.0 Å². The predicted octanol–water partition coefficient (Wildman–Crippen LogP) is 2.76. The minimum Gasteiger partial charge on any atom is -0.313 e. The van der Waals surface area contributed by atoms with E-state index >= 15 is 0 Å². The SMILES string of the molecule is CCCNC(CCS(C)(=O)=O)C1(CC)CCCC1. The number of sulfone groups is 1. The summed E-state index contributed by atoms with van der Waals surface area (Å²) in [6.45, 7) is 5.41. The molecule has 0 saturated heterocycles. The molecular formula is C14H29NO2S. The molecule has 1 fully saturated rings. The molecule has 1 aliphatic rings. The first kappa shape index (κ1) is 16.0. The van der Waals surface area contributed by atoms with Crippen LogP contribution in [0.25, 0.3) is 0 Å². The molecule has 0 aromatic heterocycles. The van der Waals surface area contributed by atoms with Gasteiger partial charge in [0.1, 0.15) is 9.84 Å². The van der Waals surface area contributed by atoms with Gasteiger partial charge in [0.15, 0.2) is 0 Å². The highest BCUT2D eigenvalue weighted by molar-refractivity contribution is 7.90. The van der Waals surface area contributed by atoms with E-state index in [4.69, 9.17) is 0 Å². The van der Waals surface area contributed by atoms with Crippen LogP contribution in [0, 0.1) is 5.41 Å². The topological polar surface area (TPSA) is 46.2 Å². The van der Waals surface area contributed by atoms with Crippen LogP contribution in [0.4, 0.5) is 0 Å². The van der Waals surface area contributed by atoms with Crippen LogP contribution in [0.3, 0.4) is 0 Å². The van der Waals surface area contributed by atoms with Crippen molar-refractivity contribution in [3.05, 3.63) is 0 Å². The van der Waals surface area contributed by atoms with E-state index in [0.29, 0.717) is 17.2 Å². The Morgan fingerprint density at radius 3 is 2.28 bits per heavy atom. The standard InChI is InChI=1S/C14H29NO2S/c1-4-11-15-13(8-12-18(3,16)17)14(5-2)9-6-7-10-14/h13,15H,4-12H2,1-3H3. The zero-order valence-corrected chi connectivity index (χ0v) is 13.0. The monoisotopic (exact) mass is 275 g/mol. The maximum atomic E-state index is 11.4. The Morgan fingerprint density at radius 2 is 1.83 bits per heavy atom. The third-order valence-electron chi connectivity index (χ3n) is 4.46. The average Bonchev–Trinajstić information content (AvgIpc) is 2.77. The lowest BCUT2D eigenvalue weighted by Gasteiger charge is -2.38. The zero-order valence-electron chi connectivity index (χ0n) is 12.2. The lowest BCUT2D eigenvalue weighted by Crippen LogP contribution is -2.45. The fraction of sp³-hybridized carbons (Fsp3) is 1.00. The first-order valence-electron chi connectivity index (χ1n) is 7.34. The summed E-state index contributed by atoms with van der Waals surface area (Å²) in [5.41, 5.74) is 0.347. The summed E-state index contributed by atoms with van der Waals surface area (Å²) in [7, 11) is -2.85. The molecule has 1 saturated carbocycles. The molecule has 1 rings (SSSR count). The van der Waals surface area contributed by atoms with E-state index < -0.39 is 9.84 Å². The van der Waals surface area contributed by atoms with E-state index in [-0.39, 0.29) is 0 Å². The highest BCUT2D eigenvalue weighted by atomic mass is 32.2. The molecule has 108 valence electrons. The number of rotatable bonds is 8. The number of nitrogens with one attached hydrogen (secondary N) is 1. The summed E-state index contributed by atoms with van der Waals surface area (Å²) in [6, 6.07) is 0.375. The van der Waals surface area contributed by atoms with Crippen LogP contribution in [0.15, 0.2) is 0 Å². The Morgan fingerprint density at radius 1 is 1.22 bits per heavy atom. The van der Waals surface area contributed by atoms with Crippen LogP contribution in [0.2, 0.25) is 0 Å². The third kappa shape index (κ3) is 4.54. The van der Waals surface area contributed by atoms with Crippen molar-refractivity contribution in [3.63, 3.8) is 0 Å². The highest BCUT2D eigenvalue weighted by Gasteiger charge is 2.39. The first-order chi connectivity index (χ1) is 8.43. The van der Waals surface area contributed by atoms with Gasteiger partial charge in [-0.15, -0.1) is 0 Å². The van der Waals surface area contributed by atoms with Crippen molar-refractivity contribution in [1.82, 2.24) is 5.32 Å². The largest absolute Gasteiger partial charge is 0.313 e. The third-order valence-corrected chi connectivity index (χ3v) is 5.44. The van der Waals surface area contributed by atoms with E-state index in [2.05, 4.69) is 19.2 Å². The molecule has 0 aliphatic heterocycles. The van der Waals surface area contributed by atoms with Gasteiger partial charge in [0.05, 0.1) is 5.75 Å². The zero-order chi connectivity index (χ0) is 13.6. The maximum Gasteiger partial charge on any atom is 0.147 e. The van der Waals surface area contributed by atoms with E-state index in [1.807, 2.05) is 0 Å². The Kier molecular flexibility index (Phi) is 6.12. The van der Waals surface area contributed by atoms with Crippen molar-refractivity contribution >= 4 is 9.84 Å². The lowest BCUT2D eigenvalue weighted by atomic mass is 9.75. The summed E-state index contributed by atoms with van der Waals surface area (Å²) < 4.78 is 22.8. The predicted molar refractivity (Wildman–Crippen MR) is 77.6 cm³/mol. The Hall–Kier alpha value is -0.0900. The molecule has 18 heavy (non-hydrogen) atoms. The second kappa shape index (κ2) is 6.90. The lowest BCUT2D eigenvalue weighted by molar-refractivity contribution is 0.181. The summed E-state index contributed by atoms with van der Waals surface area (Å²) in [5, 5.41) is 3.61. The minimum absolute atomic E-state index is 0.316. The molecule has 0 aromatic carbocycles. The molecule has 1 atom stereocenters. The summed E-state index contributed by atoms with van der Waals surface area (Å²) >= 11 is 0. The van der Waals surface area contributed by atoms with Crippen LogP contribution in [0.5, 0.6) is 0 Å². The van der Waals surface area contributed by atoms with E-state index in [1.165, 1.54) is 31.9 Å². The van der Waals surface area contributed by atoms with Gasteiger partial charge in [0.2, 0.25) is 0 Å². The van der Waals surface area contributed by atoms with Crippen molar-refractivity contribution < 1.29 is 8.42 Å². The van der Waals surface area contributed by atoms with Crippen LogP contribution >= 0.6 is 0 Å². The molecule has 0 heterocycles. The molecule has 3 nitrogen and oxygen atoms in total. The van der Waals surface area contributed by atoms with E-state index in [9.17, 15) is 8.42 Å². The summed E-state index contributed by atoms with van der Waals surface area (Å²) in [6.07, 6.45) is 9.51. The van der Waals surface area contributed by atoms with Crippen molar-refractivity contribution in [2.75, 3.05) is 18.6 Å². The summed E-state index contributed by atoms with van der Waals surface area (Å²) in [4.78, 5) is 0. The maximum absolute atomic E-state index is 11.4. The van der Waals surface area contributed by atoms with E-state index in [0.717, 1.165) is 25.8 Å². The number of hydrogen-bond acceptors (Lipinski definition) is 3. The molecule has 0 bridgehead atoms. The van der Waals surface area contributed by atoms with Crippen molar-refractivity contribution in [2.45, 2.75) is 64.8 Å². The van der Waals surface area contributed by atoms with Gasteiger partial charge in [-0.05, 0) is 44.1 Å². The summed E-state index contributed by atoms with van der Waals surface area (Å²) in [5.74, 6) is 0.316. The molecule has 0 spiro atoms. The minimum atomic E-state index is -2.85. The molecule has 1 unspecified atom stereocenters. The second-order valence-corrected chi connectivity index (χ2v) is 8.11. The molecular weight excluding hydrogens is 246 g/mol. The Labute approximate surface area is 113 Å². The van der Waals surface area contributed by atoms with Crippen LogP contribution in [0.1, 0.15) is 58.8 Å². The normalized spacial score (nSPS) is 21.1. The fourth-order valence-corrected chi connectivity index (χ4v) is 3.97. The van der Waals surface area contributed by atoms with Gasteiger partial charge in [-0.3, -0.25) is 0 Å². The Bertz CT molecular complexity index is 332. The molecule has 0 amide bonds. The van der Waals surface area contributed by atoms with Gasteiger partial charge in [-0.1, -0.05) is 26.7 Å². The van der Waals surface area contributed by atoms with E-state index in [1.54, 1.807) is 0 Å². The molecule has 0 aromatic rings. The average molecular weight is 275 g/mol. The molecule has 0 radical (unpaired) electrons. The first-order valence-corrected chi connectivity index (χ1v) is 9.40. The Balaban J connectivity index is 2.69. The smallest absolute Gasteiger partial charge is 0.147 e. The second-order valence-electron chi connectivity index (χ2n) is 5.85. The van der Waals surface area contributed by atoms with Gasteiger partial charge in [-0.25, -0.2) is 8.42 Å². The van der Waals surface area contributed by atoms with Gasteiger partial charge in [0.25, 0.3) is 0 Å². The van der Waals surface area contributed by atoms with Crippen molar-refractivity contribution in [1.29, 1.82) is 0 Å². The van der Waals surface area contributed by atoms with Gasteiger partial charge >= 0.3 is 0 Å². The van der Waals surface area contributed by atoms with Gasteiger partial charge in [-0.2, -0.15) is 0 Å². The molecule has 4 heteroatoms. The van der Waals surface area contributed by atoms with Gasteiger partial charge < -0.3 is 5.32 Å². The van der Waals surface area contributed by atoms with Gasteiger partial charge in [0, 0.05) is 12.3 Å².